The summed E-state index contributed by atoms with van der Waals surface area (Å²) in [7, 11) is 8.28. The van der Waals surface area contributed by atoms with Crippen molar-refractivity contribution in [3.8, 4) is 0 Å². The molecule has 0 unspecified atom stereocenters. The zero-order valence-corrected chi connectivity index (χ0v) is 29.0. The lowest BCUT2D eigenvalue weighted by atomic mass is 10.2. The van der Waals surface area contributed by atoms with E-state index in [9.17, 15) is 0 Å². The van der Waals surface area contributed by atoms with Gasteiger partial charge >= 0.3 is 0 Å². The lowest BCUT2D eigenvalue weighted by Gasteiger charge is -2.02. The maximum atomic E-state index is 2.26. The molecule has 6 nitrogen and oxygen atoms in total. The summed E-state index contributed by atoms with van der Waals surface area (Å²) in [5.41, 5.74) is 9.44. The van der Waals surface area contributed by atoms with Gasteiger partial charge in [-0.2, -0.15) is 0 Å². The monoisotopic (exact) mass is 646 g/mol. The molecule has 244 valence electrons. The Bertz CT molecular complexity index is 1930. The van der Waals surface area contributed by atoms with Crippen molar-refractivity contribution >= 4 is 48.6 Å². The molecule has 0 aliphatic carbocycles. The van der Waals surface area contributed by atoms with Gasteiger partial charge in [0.05, 0.1) is 6.42 Å². The van der Waals surface area contributed by atoms with E-state index in [-0.39, 0.29) is 0 Å². The van der Waals surface area contributed by atoms with Crippen molar-refractivity contribution in [2.45, 2.75) is 19.5 Å². The number of hydrogen-bond donors (Lipinski definition) is 0. The molecule has 6 heteroatoms. The normalized spacial score (nSPS) is 12.0. The van der Waals surface area contributed by atoms with Crippen LogP contribution in [0.2, 0.25) is 0 Å². The van der Waals surface area contributed by atoms with E-state index in [0.717, 1.165) is 19.5 Å². The standard InChI is InChI=1S/C43H46N6/c1-44-28-18-36(19-29-44)6-10-40-14-16-42(46(40)3)12-8-38-22-32-48(33-23-38)26-5-27-49-34-24-39(25-35-49)9-13-43-17-15-41(47(43)4)11-7-37-20-30-45(2)31-21-37/h6-25,28-35H,5,26-27H2,1-4H3/q+4. The SMILES string of the molecule is Cn1c(/C=C/c2cc[n+](C)cc2)ccc1/C=C/c1cc[n+](CCC[n+]2ccc(/C=C/c3ccc(/C=C/c4cc[n+](C)cc4)n3C)cc2)cc1. The summed E-state index contributed by atoms with van der Waals surface area (Å²) in [4.78, 5) is 0. The summed E-state index contributed by atoms with van der Waals surface area (Å²) in [5.74, 6) is 0. The average molecular weight is 647 g/mol. The van der Waals surface area contributed by atoms with Crippen LogP contribution in [0.3, 0.4) is 0 Å². The molecular formula is C43H46N6+4. The molecule has 0 aromatic carbocycles. The van der Waals surface area contributed by atoms with E-state index in [1.807, 2.05) is 23.2 Å². The third-order valence-corrected chi connectivity index (χ3v) is 8.86. The van der Waals surface area contributed by atoms with E-state index in [0.29, 0.717) is 0 Å². The smallest absolute Gasteiger partial charge is 0.169 e. The van der Waals surface area contributed by atoms with Crippen molar-refractivity contribution in [2.75, 3.05) is 0 Å². The molecule has 0 saturated carbocycles. The Hall–Kier alpha value is -5.88. The third kappa shape index (κ3) is 9.14. The van der Waals surface area contributed by atoms with Gasteiger partial charge in [0.1, 0.15) is 14.1 Å². The highest BCUT2D eigenvalue weighted by molar-refractivity contribution is 5.73. The van der Waals surface area contributed by atoms with Crippen molar-refractivity contribution in [3.05, 3.63) is 167 Å². The highest BCUT2D eigenvalue weighted by atomic mass is 15.0. The van der Waals surface area contributed by atoms with E-state index in [1.54, 1.807) is 0 Å². The van der Waals surface area contributed by atoms with Gasteiger partial charge < -0.3 is 9.13 Å². The predicted octanol–water partition coefficient (Wildman–Crippen LogP) is 6.36. The number of pyridine rings is 4. The molecule has 6 aromatic heterocycles. The van der Waals surface area contributed by atoms with Gasteiger partial charge in [-0.05, 0) is 70.8 Å². The maximum absolute atomic E-state index is 2.26. The van der Waals surface area contributed by atoms with E-state index >= 15 is 0 Å². The van der Waals surface area contributed by atoms with E-state index < -0.39 is 0 Å². The lowest BCUT2D eigenvalue weighted by molar-refractivity contribution is -0.726. The van der Waals surface area contributed by atoms with Crippen LogP contribution >= 0.6 is 0 Å². The molecule has 6 rings (SSSR count). The fourth-order valence-electron chi connectivity index (χ4n) is 5.62. The van der Waals surface area contributed by atoms with Gasteiger partial charge in [-0.3, -0.25) is 0 Å². The van der Waals surface area contributed by atoms with Gasteiger partial charge in [-0.1, -0.05) is 24.3 Å². The van der Waals surface area contributed by atoms with Crippen molar-refractivity contribution in [1.29, 1.82) is 0 Å². The van der Waals surface area contributed by atoms with Gasteiger partial charge in [-0.25, -0.2) is 18.3 Å². The maximum Gasteiger partial charge on any atom is 0.169 e. The quantitative estimate of drug-likeness (QED) is 0.138. The topological polar surface area (TPSA) is 25.4 Å². The number of nitrogens with zero attached hydrogens (tertiary/aromatic N) is 6. The molecule has 0 aliphatic rings. The van der Waals surface area contributed by atoms with E-state index in [1.165, 1.54) is 45.0 Å². The second kappa shape index (κ2) is 15.8. The van der Waals surface area contributed by atoms with Gasteiger partial charge in [0.25, 0.3) is 0 Å². The number of rotatable bonds is 12. The first-order valence-corrected chi connectivity index (χ1v) is 16.8. The van der Waals surface area contributed by atoms with E-state index in [2.05, 4.69) is 203 Å². The number of aryl methyl sites for hydroxylation is 4. The van der Waals surface area contributed by atoms with Crippen LogP contribution < -0.4 is 18.3 Å². The minimum Gasteiger partial charge on any atom is -0.345 e. The third-order valence-electron chi connectivity index (χ3n) is 8.86. The lowest BCUT2D eigenvalue weighted by Crippen LogP contribution is -2.38. The van der Waals surface area contributed by atoms with Crippen molar-refractivity contribution in [1.82, 2.24) is 9.13 Å². The van der Waals surface area contributed by atoms with Crippen molar-refractivity contribution in [3.63, 3.8) is 0 Å². The van der Waals surface area contributed by atoms with Crippen LogP contribution in [0.1, 0.15) is 51.5 Å². The highest BCUT2D eigenvalue weighted by Crippen LogP contribution is 2.16. The Balaban J connectivity index is 0.960. The highest BCUT2D eigenvalue weighted by Gasteiger charge is 2.06. The minimum absolute atomic E-state index is 0.971. The average Bonchev–Trinajstić information content (AvgIpc) is 3.66. The first-order chi connectivity index (χ1) is 23.9. The van der Waals surface area contributed by atoms with Gasteiger partial charge in [0.2, 0.25) is 0 Å². The molecule has 0 fully saturated rings. The molecule has 6 aromatic rings. The van der Waals surface area contributed by atoms with Crippen LogP contribution in [-0.4, -0.2) is 9.13 Å². The molecule has 0 amide bonds. The van der Waals surface area contributed by atoms with Crippen LogP contribution in [0.15, 0.2) is 122 Å². The molecule has 6 heterocycles. The second-order valence-corrected chi connectivity index (χ2v) is 12.5. The Morgan fingerprint density at radius 2 is 0.653 bits per heavy atom. The number of aromatic nitrogens is 6. The fraction of sp³-hybridized carbons (Fsp3) is 0.163. The largest absolute Gasteiger partial charge is 0.345 e. The first-order valence-electron chi connectivity index (χ1n) is 16.8. The Labute approximate surface area is 290 Å². The molecule has 0 spiro atoms. The minimum atomic E-state index is 0.971. The Kier molecular flexibility index (Phi) is 10.7. The fourth-order valence-corrected chi connectivity index (χ4v) is 5.62. The summed E-state index contributed by atoms with van der Waals surface area (Å²) >= 11 is 0. The summed E-state index contributed by atoms with van der Waals surface area (Å²) in [6, 6.07) is 25.8. The van der Waals surface area contributed by atoms with Crippen LogP contribution in [-0.2, 0) is 41.3 Å². The van der Waals surface area contributed by atoms with Crippen LogP contribution in [0.4, 0.5) is 0 Å². The molecule has 0 N–H and O–H groups in total. The first kappa shape index (κ1) is 33.0. The van der Waals surface area contributed by atoms with Gasteiger partial charge in [-0.15, -0.1) is 0 Å². The van der Waals surface area contributed by atoms with Crippen LogP contribution in [0.5, 0.6) is 0 Å². The van der Waals surface area contributed by atoms with Crippen LogP contribution in [0, 0.1) is 0 Å². The summed E-state index contributed by atoms with van der Waals surface area (Å²) in [6.45, 7) is 1.94. The number of hydrogen-bond acceptors (Lipinski definition) is 0. The Morgan fingerprint density at radius 3 is 0.939 bits per heavy atom. The Morgan fingerprint density at radius 1 is 0.388 bits per heavy atom. The van der Waals surface area contributed by atoms with Gasteiger partial charge in [0.15, 0.2) is 62.7 Å². The molecule has 0 saturated heterocycles. The summed E-state index contributed by atoms with van der Waals surface area (Å²) < 4.78 is 13.0. The van der Waals surface area contributed by atoms with Crippen molar-refractivity contribution in [2.24, 2.45) is 28.2 Å². The van der Waals surface area contributed by atoms with E-state index in [4.69, 9.17) is 0 Å². The molecule has 0 radical (unpaired) electrons. The van der Waals surface area contributed by atoms with Crippen LogP contribution in [0.25, 0.3) is 48.6 Å². The molecule has 0 atom stereocenters. The van der Waals surface area contributed by atoms with Crippen molar-refractivity contribution < 1.29 is 18.3 Å². The predicted molar refractivity (Wildman–Crippen MR) is 200 cm³/mol. The molecule has 49 heavy (non-hydrogen) atoms. The zero-order valence-electron chi connectivity index (χ0n) is 29.0. The molecule has 0 bridgehead atoms. The van der Waals surface area contributed by atoms with Gasteiger partial charge in [0, 0.05) is 85.4 Å². The zero-order chi connectivity index (χ0) is 34.0. The molecule has 0 aliphatic heterocycles. The summed E-state index contributed by atoms with van der Waals surface area (Å²) in [6.07, 6.45) is 35.3. The molecular weight excluding hydrogens is 601 g/mol. The summed E-state index contributed by atoms with van der Waals surface area (Å²) in [5, 5.41) is 0. The second-order valence-electron chi connectivity index (χ2n) is 12.5.